The van der Waals surface area contributed by atoms with Gasteiger partial charge in [-0.25, -0.2) is 9.50 Å². The maximum atomic E-state index is 5.57. The summed E-state index contributed by atoms with van der Waals surface area (Å²) in [5, 5.41) is 4.11. The molecule has 0 saturated carbocycles. The van der Waals surface area contributed by atoms with Crippen LogP contribution in [0.1, 0.15) is 19.4 Å². The molecule has 0 atom stereocenters. The molecule has 2 aromatic rings. The molecule has 0 radical (unpaired) electrons. The van der Waals surface area contributed by atoms with E-state index in [1.165, 1.54) is 5.56 Å². The van der Waals surface area contributed by atoms with Crippen molar-refractivity contribution >= 4 is 11.5 Å². The fraction of sp³-hybridized carbons (Fsp3) is 0.400. The fourth-order valence-electron chi connectivity index (χ4n) is 1.51. The highest BCUT2D eigenvalue weighted by atomic mass is 15.3. The van der Waals surface area contributed by atoms with Crippen LogP contribution in [0.25, 0.3) is 5.65 Å². The first-order chi connectivity index (χ1) is 6.65. The molecular formula is C10H14N4. The molecule has 2 N–H and O–H groups in total. The lowest BCUT2D eigenvalue weighted by atomic mass is 10.1. The summed E-state index contributed by atoms with van der Waals surface area (Å²) in [6, 6.07) is 1.76. The summed E-state index contributed by atoms with van der Waals surface area (Å²) < 4.78 is 1.73. The lowest BCUT2D eigenvalue weighted by Crippen LogP contribution is -1.99. The molecule has 0 bridgehead atoms. The largest absolute Gasteiger partial charge is 0.382 e. The van der Waals surface area contributed by atoms with Crippen LogP contribution >= 0.6 is 0 Å². The molecule has 0 unspecified atom stereocenters. The first kappa shape index (κ1) is 8.99. The molecule has 2 rings (SSSR count). The Morgan fingerprint density at radius 1 is 1.50 bits per heavy atom. The molecule has 0 aliphatic rings. The smallest absolute Gasteiger partial charge is 0.157 e. The highest BCUT2D eigenvalue weighted by Crippen LogP contribution is 2.09. The number of nitrogen functional groups attached to an aromatic ring is 1. The van der Waals surface area contributed by atoms with E-state index in [4.69, 9.17) is 5.73 Å². The number of nitrogens with zero attached hydrogens (tertiary/aromatic N) is 3. The Bertz CT molecular complexity index is 444. The van der Waals surface area contributed by atoms with E-state index in [9.17, 15) is 0 Å². The standard InChI is InChI=1S/C10H14N4/c1-7(2)3-8-5-12-10-4-9(11)13-14(10)6-8/h4-7H,3H2,1-2H3,(H2,11,13). The quantitative estimate of drug-likeness (QED) is 0.781. The van der Waals surface area contributed by atoms with Gasteiger partial charge in [0.2, 0.25) is 0 Å². The number of rotatable bonds is 2. The van der Waals surface area contributed by atoms with E-state index in [0.29, 0.717) is 11.7 Å². The van der Waals surface area contributed by atoms with Gasteiger partial charge in [0.25, 0.3) is 0 Å². The molecule has 0 aliphatic heterocycles. The third-order valence-corrected chi connectivity index (χ3v) is 2.03. The molecule has 0 amide bonds. The van der Waals surface area contributed by atoms with Gasteiger partial charge in [-0.3, -0.25) is 0 Å². The summed E-state index contributed by atoms with van der Waals surface area (Å²) in [5.74, 6) is 1.14. The van der Waals surface area contributed by atoms with Gasteiger partial charge in [-0.2, -0.15) is 0 Å². The second kappa shape index (κ2) is 3.29. The summed E-state index contributed by atoms with van der Waals surface area (Å²) in [4.78, 5) is 4.28. The normalized spacial score (nSPS) is 11.4. The Kier molecular flexibility index (Phi) is 2.11. The molecule has 0 spiro atoms. The number of nitrogens with two attached hydrogens (primary N) is 1. The second-order valence-corrected chi connectivity index (χ2v) is 3.93. The van der Waals surface area contributed by atoms with Crippen molar-refractivity contribution in [3.8, 4) is 0 Å². The van der Waals surface area contributed by atoms with Crippen molar-refractivity contribution in [3.63, 3.8) is 0 Å². The number of anilines is 1. The number of aromatic nitrogens is 3. The van der Waals surface area contributed by atoms with E-state index in [1.807, 2.05) is 12.4 Å². The monoisotopic (exact) mass is 190 g/mol. The van der Waals surface area contributed by atoms with Gasteiger partial charge in [-0.05, 0) is 17.9 Å². The van der Waals surface area contributed by atoms with Crippen molar-refractivity contribution in [1.29, 1.82) is 0 Å². The SMILES string of the molecule is CC(C)Cc1cnc2cc(N)nn2c1. The third kappa shape index (κ3) is 1.69. The van der Waals surface area contributed by atoms with Crippen LogP contribution in [0.5, 0.6) is 0 Å². The highest BCUT2D eigenvalue weighted by molar-refractivity contribution is 5.47. The molecule has 0 aromatic carbocycles. The van der Waals surface area contributed by atoms with Crippen molar-refractivity contribution in [1.82, 2.24) is 14.6 Å². The maximum Gasteiger partial charge on any atom is 0.157 e. The third-order valence-electron chi connectivity index (χ3n) is 2.03. The zero-order chi connectivity index (χ0) is 10.1. The minimum atomic E-state index is 0.513. The molecule has 14 heavy (non-hydrogen) atoms. The van der Waals surface area contributed by atoms with Gasteiger partial charge < -0.3 is 5.73 Å². The van der Waals surface area contributed by atoms with Crippen LogP contribution in [-0.4, -0.2) is 14.6 Å². The Morgan fingerprint density at radius 2 is 2.29 bits per heavy atom. The van der Waals surface area contributed by atoms with Gasteiger partial charge >= 0.3 is 0 Å². The van der Waals surface area contributed by atoms with Crippen molar-refractivity contribution in [2.75, 3.05) is 5.73 Å². The molecular weight excluding hydrogens is 176 g/mol. The van der Waals surface area contributed by atoms with Crippen molar-refractivity contribution < 1.29 is 0 Å². The van der Waals surface area contributed by atoms with Crippen LogP contribution in [-0.2, 0) is 6.42 Å². The Hall–Kier alpha value is -1.58. The predicted molar refractivity (Wildman–Crippen MR) is 55.9 cm³/mol. The van der Waals surface area contributed by atoms with E-state index in [0.717, 1.165) is 12.1 Å². The minimum absolute atomic E-state index is 0.513. The summed E-state index contributed by atoms with van der Waals surface area (Å²) in [6.07, 6.45) is 4.89. The molecule has 4 heteroatoms. The van der Waals surface area contributed by atoms with E-state index < -0.39 is 0 Å². The van der Waals surface area contributed by atoms with Gasteiger partial charge in [0.15, 0.2) is 5.65 Å². The van der Waals surface area contributed by atoms with Gasteiger partial charge in [0.05, 0.1) is 0 Å². The van der Waals surface area contributed by atoms with Crippen LogP contribution < -0.4 is 5.73 Å². The van der Waals surface area contributed by atoms with Crippen LogP contribution in [0.4, 0.5) is 5.82 Å². The van der Waals surface area contributed by atoms with E-state index in [2.05, 4.69) is 23.9 Å². The van der Waals surface area contributed by atoms with Gasteiger partial charge in [0, 0.05) is 18.5 Å². The van der Waals surface area contributed by atoms with Crippen LogP contribution in [0.2, 0.25) is 0 Å². The van der Waals surface area contributed by atoms with E-state index >= 15 is 0 Å². The lowest BCUT2D eigenvalue weighted by Gasteiger charge is -2.03. The number of hydrogen-bond acceptors (Lipinski definition) is 3. The van der Waals surface area contributed by atoms with Gasteiger partial charge in [-0.1, -0.05) is 13.8 Å². The summed E-state index contributed by atoms with van der Waals surface area (Å²) in [6.45, 7) is 4.36. The van der Waals surface area contributed by atoms with Gasteiger partial charge in [0.1, 0.15) is 5.82 Å². The van der Waals surface area contributed by atoms with Gasteiger partial charge in [-0.15, -0.1) is 5.10 Å². The van der Waals surface area contributed by atoms with Crippen LogP contribution in [0.3, 0.4) is 0 Å². The average Bonchev–Trinajstić information content (AvgIpc) is 2.42. The van der Waals surface area contributed by atoms with E-state index in [-0.39, 0.29) is 0 Å². The summed E-state index contributed by atoms with van der Waals surface area (Å²) >= 11 is 0. The summed E-state index contributed by atoms with van der Waals surface area (Å²) in [7, 11) is 0. The van der Waals surface area contributed by atoms with Crippen LogP contribution in [0.15, 0.2) is 18.5 Å². The number of fused-ring (bicyclic) bond motifs is 1. The first-order valence-electron chi connectivity index (χ1n) is 4.75. The molecule has 4 nitrogen and oxygen atoms in total. The van der Waals surface area contributed by atoms with Crippen molar-refractivity contribution in [2.45, 2.75) is 20.3 Å². The molecule has 2 aromatic heterocycles. The molecule has 74 valence electrons. The topological polar surface area (TPSA) is 56.2 Å². The Balaban J connectivity index is 2.40. The van der Waals surface area contributed by atoms with Crippen molar-refractivity contribution in [2.24, 2.45) is 5.92 Å². The average molecular weight is 190 g/mol. The van der Waals surface area contributed by atoms with Crippen LogP contribution in [0, 0.1) is 5.92 Å². The lowest BCUT2D eigenvalue weighted by molar-refractivity contribution is 0.641. The zero-order valence-corrected chi connectivity index (χ0v) is 8.44. The predicted octanol–water partition coefficient (Wildman–Crippen LogP) is 1.51. The van der Waals surface area contributed by atoms with Crippen molar-refractivity contribution in [3.05, 3.63) is 24.0 Å². The summed E-state index contributed by atoms with van der Waals surface area (Å²) in [5.41, 5.74) is 7.56. The fourth-order valence-corrected chi connectivity index (χ4v) is 1.51. The molecule has 2 heterocycles. The highest BCUT2D eigenvalue weighted by Gasteiger charge is 2.02. The number of hydrogen-bond donors (Lipinski definition) is 1. The van der Waals surface area contributed by atoms with E-state index in [1.54, 1.807) is 10.6 Å². The molecule has 0 saturated heterocycles. The first-order valence-corrected chi connectivity index (χ1v) is 4.75. The minimum Gasteiger partial charge on any atom is -0.382 e. The molecule has 0 aliphatic carbocycles. The zero-order valence-electron chi connectivity index (χ0n) is 8.44. The Labute approximate surface area is 82.8 Å². The molecule has 0 fully saturated rings. The second-order valence-electron chi connectivity index (χ2n) is 3.93. The maximum absolute atomic E-state index is 5.57. The Morgan fingerprint density at radius 3 is 3.00 bits per heavy atom.